The van der Waals surface area contributed by atoms with E-state index < -0.39 is 24.2 Å². The van der Waals surface area contributed by atoms with Crippen LogP contribution in [-0.4, -0.2) is 31.4 Å². The van der Waals surface area contributed by atoms with Gasteiger partial charge in [0.25, 0.3) is 0 Å². The zero-order valence-corrected chi connectivity index (χ0v) is 14.2. The Hall–Kier alpha value is -3.22. The first kappa shape index (κ1) is 17.6. The van der Waals surface area contributed by atoms with Crippen molar-refractivity contribution in [1.29, 1.82) is 0 Å². The summed E-state index contributed by atoms with van der Waals surface area (Å²) in [4.78, 5) is 35.9. The summed E-state index contributed by atoms with van der Waals surface area (Å²) in [6.45, 7) is 1.21. The number of carbonyl (C=O) groups is 3. The van der Waals surface area contributed by atoms with Crippen LogP contribution in [0.25, 0.3) is 0 Å². The number of ether oxygens (including phenoxy) is 2. The van der Waals surface area contributed by atoms with Crippen LogP contribution in [0.5, 0.6) is 5.75 Å². The van der Waals surface area contributed by atoms with Crippen LogP contribution in [0, 0.1) is 5.82 Å². The fourth-order valence-corrected chi connectivity index (χ4v) is 2.67. The highest BCUT2D eigenvalue weighted by molar-refractivity contribution is 6.05. The monoisotopic (exact) mass is 357 g/mol. The molecule has 3 rings (SSSR count). The summed E-state index contributed by atoms with van der Waals surface area (Å²) in [6, 6.07) is 8.49. The maximum absolute atomic E-state index is 13.9. The second kappa shape index (κ2) is 6.95. The normalized spacial score (nSPS) is 15.2. The number of halogens is 1. The van der Waals surface area contributed by atoms with E-state index in [4.69, 9.17) is 9.47 Å². The number of hydrogen-bond acceptors (Lipinski definition) is 5. The van der Waals surface area contributed by atoms with Gasteiger partial charge in [-0.25, -0.2) is 9.18 Å². The summed E-state index contributed by atoms with van der Waals surface area (Å²) >= 11 is 0. The van der Waals surface area contributed by atoms with Gasteiger partial charge in [0.15, 0.2) is 12.4 Å². The van der Waals surface area contributed by atoms with E-state index in [0.717, 1.165) is 6.07 Å². The van der Waals surface area contributed by atoms with Gasteiger partial charge in [-0.15, -0.1) is 0 Å². The molecule has 0 aromatic heterocycles. The predicted octanol–water partition coefficient (Wildman–Crippen LogP) is 2.93. The molecular formula is C19H16FNO5. The summed E-state index contributed by atoms with van der Waals surface area (Å²) in [5, 5.41) is 2.71. The van der Waals surface area contributed by atoms with E-state index in [2.05, 4.69) is 5.32 Å². The SMILES string of the molecule is COc1ccc(C(=O)OCC(=O)c2ccc3c(c2)[C@H](C)C(=O)N3)c(F)c1. The van der Waals surface area contributed by atoms with Crippen LogP contribution in [0.2, 0.25) is 0 Å². The molecule has 0 bridgehead atoms. The zero-order chi connectivity index (χ0) is 18.8. The van der Waals surface area contributed by atoms with Crippen molar-refractivity contribution < 1.29 is 28.2 Å². The van der Waals surface area contributed by atoms with E-state index >= 15 is 0 Å². The summed E-state index contributed by atoms with van der Waals surface area (Å²) < 4.78 is 23.6. The van der Waals surface area contributed by atoms with Crippen molar-refractivity contribution in [3.63, 3.8) is 0 Å². The molecular weight excluding hydrogens is 341 g/mol. The number of carbonyl (C=O) groups excluding carboxylic acids is 3. The molecule has 0 radical (unpaired) electrons. The van der Waals surface area contributed by atoms with Crippen molar-refractivity contribution in [3.8, 4) is 5.75 Å². The standard InChI is InChI=1S/C19H16FNO5/c1-10-14-7-11(3-6-16(14)21-18(10)23)17(22)9-26-19(24)13-5-4-12(25-2)8-15(13)20/h3-8,10H,9H2,1-2H3,(H,21,23)/t10-/m0/s1. The number of Topliss-reactive ketones (excluding diaryl/α,β-unsaturated/α-hetero) is 1. The van der Waals surface area contributed by atoms with Crippen LogP contribution in [0.1, 0.15) is 39.1 Å². The molecule has 1 aliphatic heterocycles. The van der Waals surface area contributed by atoms with E-state index in [9.17, 15) is 18.8 Å². The highest BCUT2D eigenvalue weighted by Gasteiger charge is 2.27. The molecule has 1 aliphatic rings. The molecule has 1 atom stereocenters. The third-order valence-electron chi connectivity index (χ3n) is 4.22. The Labute approximate surface area is 148 Å². The molecule has 2 aromatic carbocycles. The summed E-state index contributed by atoms with van der Waals surface area (Å²) in [5.74, 6) is -2.39. The zero-order valence-electron chi connectivity index (χ0n) is 14.2. The molecule has 26 heavy (non-hydrogen) atoms. The minimum atomic E-state index is -0.940. The molecule has 0 saturated carbocycles. The van der Waals surface area contributed by atoms with Crippen LogP contribution < -0.4 is 10.1 Å². The summed E-state index contributed by atoms with van der Waals surface area (Å²) in [7, 11) is 1.38. The number of benzene rings is 2. The fourth-order valence-electron chi connectivity index (χ4n) is 2.67. The van der Waals surface area contributed by atoms with E-state index in [-0.39, 0.29) is 23.1 Å². The van der Waals surface area contributed by atoms with Crippen LogP contribution in [0.4, 0.5) is 10.1 Å². The smallest absolute Gasteiger partial charge is 0.341 e. The Balaban J connectivity index is 1.68. The van der Waals surface area contributed by atoms with Crippen LogP contribution in [-0.2, 0) is 9.53 Å². The Bertz CT molecular complexity index is 909. The third-order valence-corrected chi connectivity index (χ3v) is 4.22. The number of rotatable bonds is 5. The minimum absolute atomic E-state index is 0.133. The molecule has 7 heteroatoms. The number of nitrogens with one attached hydrogen (secondary N) is 1. The first-order valence-corrected chi connectivity index (χ1v) is 7.89. The van der Waals surface area contributed by atoms with Gasteiger partial charge in [-0.3, -0.25) is 9.59 Å². The second-order valence-electron chi connectivity index (χ2n) is 5.86. The van der Waals surface area contributed by atoms with Gasteiger partial charge in [0.05, 0.1) is 18.6 Å². The predicted molar refractivity (Wildman–Crippen MR) is 91.1 cm³/mol. The molecule has 2 aromatic rings. The molecule has 134 valence electrons. The first-order chi connectivity index (χ1) is 12.4. The molecule has 0 aliphatic carbocycles. The van der Waals surface area contributed by atoms with Gasteiger partial charge in [0, 0.05) is 17.3 Å². The average molecular weight is 357 g/mol. The lowest BCUT2D eigenvalue weighted by atomic mass is 9.99. The molecule has 0 fully saturated rings. The topological polar surface area (TPSA) is 81.7 Å². The lowest BCUT2D eigenvalue weighted by Gasteiger charge is -2.08. The lowest BCUT2D eigenvalue weighted by molar-refractivity contribution is -0.116. The Morgan fingerprint density at radius 2 is 1.96 bits per heavy atom. The maximum Gasteiger partial charge on any atom is 0.341 e. The van der Waals surface area contributed by atoms with Crippen molar-refractivity contribution in [2.75, 3.05) is 19.0 Å². The van der Waals surface area contributed by atoms with Gasteiger partial charge in [-0.2, -0.15) is 0 Å². The Morgan fingerprint density at radius 3 is 2.65 bits per heavy atom. The van der Waals surface area contributed by atoms with E-state index in [1.807, 2.05) is 0 Å². The van der Waals surface area contributed by atoms with Gasteiger partial charge in [-0.1, -0.05) is 0 Å². The van der Waals surface area contributed by atoms with Crippen LogP contribution in [0.15, 0.2) is 36.4 Å². The summed E-state index contributed by atoms with van der Waals surface area (Å²) in [5.41, 5.74) is 1.41. The van der Waals surface area contributed by atoms with Crippen LogP contribution in [0.3, 0.4) is 0 Å². The molecule has 1 N–H and O–H groups in total. The van der Waals surface area contributed by atoms with E-state index in [0.29, 0.717) is 16.8 Å². The van der Waals surface area contributed by atoms with Crippen molar-refractivity contribution in [2.24, 2.45) is 0 Å². The number of anilines is 1. The number of esters is 1. The molecule has 6 nitrogen and oxygen atoms in total. The highest BCUT2D eigenvalue weighted by Crippen LogP contribution is 2.32. The minimum Gasteiger partial charge on any atom is -0.497 e. The number of fused-ring (bicyclic) bond motifs is 1. The first-order valence-electron chi connectivity index (χ1n) is 7.89. The van der Waals surface area contributed by atoms with Gasteiger partial charge >= 0.3 is 5.97 Å². The van der Waals surface area contributed by atoms with E-state index in [1.165, 1.54) is 19.2 Å². The molecule has 0 unspecified atom stereocenters. The van der Waals surface area contributed by atoms with Gasteiger partial charge < -0.3 is 14.8 Å². The number of amides is 1. The fraction of sp³-hybridized carbons (Fsp3) is 0.211. The second-order valence-corrected chi connectivity index (χ2v) is 5.86. The van der Waals surface area contributed by atoms with Crippen molar-refractivity contribution in [3.05, 3.63) is 58.9 Å². The van der Waals surface area contributed by atoms with Gasteiger partial charge in [0.1, 0.15) is 11.6 Å². The lowest BCUT2D eigenvalue weighted by Crippen LogP contribution is -2.15. The number of hydrogen-bond donors (Lipinski definition) is 1. The molecule has 1 heterocycles. The van der Waals surface area contributed by atoms with Gasteiger partial charge in [-0.05, 0) is 42.8 Å². The molecule has 1 amide bonds. The third kappa shape index (κ3) is 3.28. The number of ketones is 1. The van der Waals surface area contributed by atoms with Crippen molar-refractivity contribution >= 4 is 23.3 Å². The largest absolute Gasteiger partial charge is 0.497 e. The maximum atomic E-state index is 13.9. The summed E-state index contributed by atoms with van der Waals surface area (Å²) in [6.07, 6.45) is 0. The van der Waals surface area contributed by atoms with Crippen LogP contribution >= 0.6 is 0 Å². The molecule has 0 spiro atoms. The highest BCUT2D eigenvalue weighted by atomic mass is 19.1. The Morgan fingerprint density at radius 1 is 1.19 bits per heavy atom. The Kier molecular flexibility index (Phi) is 4.71. The van der Waals surface area contributed by atoms with Crippen molar-refractivity contribution in [1.82, 2.24) is 0 Å². The molecule has 0 saturated heterocycles. The number of methoxy groups -OCH3 is 1. The average Bonchev–Trinajstić information content (AvgIpc) is 2.93. The van der Waals surface area contributed by atoms with E-state index in [1.54, 1.807) is 25.1 Å². The van der Waals surface area contributed by atoms with Gasteiger partial charge in [0.2, 0.25) is 5.91 Å². The quantitative estimate of drug-likeness (QED) is 0.657. The van der Waals surface area contributed by atoms with Crippen molar-refractivity contribution in [2.45, 2.75) is 12.8 Å².